The summed E-state index contributed by atoms with van der Waals surface area (Å²) in [6.07, 6.45) is 0. The van der Waals surface area contributed by atoms with Crippen LogP contribution in [0.2, 0.25) is 5.02 Å². The molecule has 0 fully saturated rings. The fourth-order valence-electron chi connectivity index (χ4n) is 2.18. The molecule has 0 aliphatic heterocycles. The third kappa shape index (κ3) is 3.52. The first-order valence-corrected chi connectivity index (χ1v) is 7.47. The van der Waals surface area contributed by atoms with Crippen LogP contribution in [0.25, 0.3) is 11.3 Å². The van der Waals surface area contributed by atoms with Crippen LogP contribution in [-0.4, -0.2) is 10.9 Å². The van der Waals surface area contributed by atoms with Gasteiger partial charge in [0.2, 0.25) is 0 Å². The van der Waals surface area contributed by atoms with Crippen molar-refractivity contribution in [2.24, 2.45) is 0 Å². The van der Waals surface area contributed by atoms with Gasteiger partial charge in [0.1, 0.15) is 11.4 Å². The molecule has 3 rings (SSSR count). The van der Waals surface area contributed by atoms with Gasteiger partial charge in [0.15, 0.2) is 0 Å². The van der Waals surface area contributed by atoms with E-state index in [1.807, 2.05) is 0 Å². The van der Waals surface area contributed by atoms with Crippen molar-refractivity contribution < 1.29 is 9.18 Å². The van der Waals surface area contributed by atoms with E-state index in [0.29, 0.717) is 16.4 Å². The summed E-state index contributed by atoms with van der Waals surface area (Å²) in [5.74, 6) is -0.969. The van der Waals surface area contributed by atoms with Gasteiger partial charge in [-0.05, 0) is 54.1 Å². The first kappa shape index (κ1) is 16.0. The van der Waals surface area contributed by atoms with Crippen LogP contribution in [-0.2, 0) is 0 Å². The number of aromatic nitrogens is 1. The van der Waals surface area contributed by atoms with Gasteiger partial charge in [-0.1, -0.05) is 23.7 Å². The number of halogens is 2. The second-order valence-electron chi connectivity index (χ2n) is 5.08. The molecule has 0 bridgehead atoms. The number of carbonyl (C=O) groups excluding carboxylic acids is 1. The van der Waals surface area contributed by atoms with Gasteiger partial charge in [-0.25, -0.2) is 4.39 Å². The summed E-state index contributed by atoms with van der Waals surface area (Å²) < 4.78 is 12.9. The van der Waals surface area contributed by atoms with E-state index < -0.39 is 17.3 Å². The first-order chi connectivity index (χ1) is 11.5. The van der Waals surface area contributed by atoms with Crippen molar-refractivity contribution in [3.05, 3.63) is 87.4 Å². The fraction of sp³-hybridized carbons (Fsp3) is 0. The average molecular weight is 343 g/mol. The third-order valence-corrected chi connectivity index (χ3v) is 3.66. The molecule has 0 saturated carbocycles. The second-order valence-corrected chi connectivity index (χ2v) is 5.52. The number of nitrogens with one attached hydrogen (secondary N) is 2. The van der Waals surface area contributed by atoms with E-state index in [1.54, 1.807) is 30.3 Å². The Morgan fingerprint density at radius 3 is 2.25 bits per heavy atom. The Hall–Kier alpha value is -2.92. The van der Waals surface area contributed by atoms with Crippen molar-refractivity contribution >= 4 is 23.2 Å². The van der Waals surface area contributed by atoms with Gasteiger partial charge in [0.25, 0.3) is 11.5 Å². The van der Waals surface area contributed by atoms with Crippen LogP contribution >= 0.6 is 11.6 Å². The van der Waals surface area contributed by atoms with Crippen LogP contribution in [0, 0.1) is 5.82 Å². The van der Waals surface area contributed by atoms with Crippen LogP contribution in [0.15, 0.2) is 65.5 Å². The lowest BCUT2D eigenvalue weighted by Gasteiger charge is -2.06. The van der Waals surface area contributed by atoms with Gasteiger partial charge < -0.3 is 10.3 Å². The number of benzene rings is 2. The smallest absolute Gasteiger partial charge is 0.261 e. The molecule has 0 aliphatic carbocycles. The molecule has 3 aromatic rings. The zero-order valence-corrected chi connectivity index (χ0v) is 13.1. The van der Waals surface area contributed by atoms with Gasteiger partial charge in [-0.15, -0.1) is 0 Å². The number of hydrogen-bond acceptors (Lipinski definition) is 2. The number of H-pyrrole nitrogens is 1. The SMILES string of the molecule is O=C(Nc1ccc(F)cc1)c1ccc(-c2ccc(Cl)cc2)[nH]c1=O. The zero-order valence-electron chi connectivity index (χ0n) is 12.3. The van der Waals surface area contributed by atoms with Crippen LogP contribution in [0.4, 0.5) is 10.1 Å². The average Bonchev–Trinajstić information content (AvgIpc) is 2.57. The minimum absolute atomic E-state index is 0.0305. The highest BCUT2D eigenvalue weighted by Crippen LogP contribution is 2.19. The Balaban J connectivity index is 1.84. The molecule has 1 heterocycles. The Bertz CT molecular complexity index is 934. The summed E-state index contributed by atoms with van der Waals surface area (Å²) in [4.78, 5) is 27.0. The molecule has 2 aromatic carbocycles. The maximum absolute atomic E-state index is 12.9. The van der Waals surface area contributed by atoms with E-state index >= 15 is 0 Å². The highest BCUT2D eigenvalue weighted by atomic mass is 35.5. The van der Waals surface area contributed by atoms with Crippen molar-refractivity contribution in [2.75, 3.05) is 5.32 Å². The monoisotopic (exact) mass is 342 g/mol. The molecule has 0 radical (unpaired) electrons. The normalized spacial score (nSPS) is 10.4. The number of amides is 1. The largest absolute Gasteiger partial charge is 0.322 e. The standard InChI is InChI=1S/C18H12ClFN2O2/c19-12-3-1-11(2-4-12)16-10-9-15(18(24)22-16)17(23)21-14-7-5-13(20)6-8-14/h1-10H,(H,21,23)(H,22,24). The van der Waals surface area contributed by atoms with Gasteiger partial charge in [-0.2, -0.15) is 0 Å². The van der Waals surface area contributed by atoms with Crippen molar-refractivity contribution in [3.8, 4) is 11.3 Å². The number of hydrogen-bond donors (Lipinski definition) is 2. The predicted octanol–water partition coefficient (Wildman–Crippen LogP) is 4.09. The van der Waals surface area contributed by atoms with Crippen molar-refractivity contribution in [1.82, 2.24) is 4.98 Å². The number of carbonyl (C=O) groups is 1. The van der Waals surface area contributed by atoms with Crippen LogP contribution in [0.1, 0.15) is 10.4 Å². The molecule has 0 spiro atoms. The Morgan fingerprint density at radius 1 is 0.958 bits per heavy atom. The molecule has 0 atom stereocenters. The Kier molecular flexibility index (Phi) is 4.44. The van der Waals surface area contributed by atoms with Crippen LogP contribution in [0.3, 0.4) is 0 Å². The number of pyridine rings is 1. The number of anilines is 1. The van der Waals surface area contributed by atoms with Crippen LogP contribution in [0.5, 0.6) is 0 Å². The summed E-state index contributed by atoms with van der Waals surface area (Å²) >= 11 is 5.84. The van der Waals surface area contributed by atoms with Crippen molar-refractivity contribution in [1.29, 1.82) is 0 Å². The quantitative estimate of drug-likeness (QED) is 0.753. The van der Waals surface area contributed by atoms with E-state index in [1.165, 1.54) is 30.3 Å². The molecular formula is C18H12ClFN2O2. The minimum Gasteiger partial charge on any atom is -0.322 e. The molecule has 1 amide bonds. The summed E-state index contributed by atoms with van der Waals surface area (Å²) in [5.41, 5.74) is 1.22. The number of rotatable bonds is 3. The summed E-state index contributed by atoms with van der Waals surface area (Å²) in [6.45, 7) is 0. The summed E-state index contributed by atoms with van der Waals surface area (Å²) in [6, 6.07) is 15.3. The van der Waals surface area contributed by atoms with Crippen molar-refractivity contribution in [2.45, 2.75) is 0 Å². The van der Waals surface area contributed by atoms with E-state index in [4.69, 9.17) is 11.6 Å². The molecule has 1 aromatic heterocycles. The Labute approximate surface area is 141 Å². The van der Waals surface area contributed by atoms with Crippen LogP contribution < -0.4 is 10.9 Å². The summed E-state index contributed by atoms with van der Waals surface area (Å²) in [7, 11) is 0. The molecule has 24 heavy (non-hydrogen) atoms. The molecule has 0 unspecified atom stereocenters. The second kappa shape index (κ2) is 6.68. The van der Waals surface area contributed by atoms with Gasteiger partial charge in [0, 0.05) is 16.4 Å². The lowest BCUT2D eigenvalue weighted by atomic mass is 10.1. The third-order valence-electron chi connectivity index (χ3n) is 3.41. The molecular weight excluding hydrogens is 331 g/mol. The zero-order chi connectivity index (χ0) is 17.1. The van der Waals surface area contributed by atoms with E-state index in [2.05, 4.69) is 10.3 Å². The highest BCUT2D eigenvalue weighted by molar-refractivity contribution is 6.30. The first-order valence-electron chi connectivity index (χ1n) is 7.09. The Morgan fingerprint density at radius 2 is 1.62 bits per heavy atom. The van der Waals surface area contributed by atoms with E-state index in [9.17, 15) is 14.0 Å². The highest BCUT2D eigenvalue weighted by Gasteiger charge is 2.12. The van der Waals surface area contributed by atoms with Gasteiger partial charge in [-0.3, -0.25) is 9.59 Å². The summed E-state index contributed by atoms with van der Waals surface area (Å²) in [5, 5.41) is 3.14. The maximum Gasteiger partial charge on any atom is 0.261 e. The van der Waals surface area contributed by atoms with Crippen molar-refractivity contribution in [3.63, 3.8) is 0 Å². The molecule has 0 saturated heterocycles. The molecule has 4 nitrogen and oxygen atoms in total. The van der Waals surface area contributed by atoms with Gasteiger partial charge >= 0.3 is 0 Å². The molecule has 6 heteroatoms. The lowest BCUT2D eigenvalue weighted by Crippen LogP contribution is -2.23. The molecule has 2 N–H and O–H groups in total. The van der Waals surface area contributed by atoms with E-state index in [-0.39, 0.29) is 5.56 Å². The molecule has 0 aliphatic rings. The fourth-order valence-corrected chi connectivity index (χ4v) is 2.31. The maximum atomic E-state index is 12.9. The van der Waals surface area contributed by atoms with Gasteiger partial charge in [0.05, 0.1) is 0 Å². The number of aromatic amines is 1. The minimum atomic E-state index is -0.564. The topological polar surface area (TPSA) is 62.0 Å². The van der Waals surface area contributed by atoms with E-state index in [0.717, 1.165) is 5.56 Å². The lowest BCUT2D eigenvalue weighted by molar-refractivity contribution is 0.102. The molecule has 120 valence electrons. The predicted molar refractivity (Wildman–Crippen MR) is 91.9 cm³/mol.